The standard InChI is InChI=1S/C25H27F3N6O3/c1-16-20(31-17(2)35)7-5-8-21(16)32-23-29-15-30-24(33-23)34-12-10-19(11-13-34)36-14-18-6-3-4-9-22(18)37-25(26,27)28/h3-9,15,19H,10-14H2,1-2H3,(H,31,35)(H,29,30,32,33). The van der Waals surface area contributed by atoms with E-state index in [0.717, 1.165) is 11.3 Å². The second-order valence-electron chi connectivity index (χ2n) is 8.55. The number of rotatable bonds is 8. The number of para-hydroxylation sites is 1. The lowest BCUT2D eigenvalue weighted by Gasteiger charge is -2.32. The van der Waals surface area contributed by atoms with Crippen molar-refractivity contribution in [3.8, 4) is 5.75 Å². The average Bonchev–Trinajstić information content (AvgIpc) is 2.85. The summed E-state index contributed by atoms with van der Waals surface area (Å²) in [6.07, 6.45) is -2.12. The SMILES string of the molecule is CC(=O)Nc1cccc(Nc2ncnc(N3CCC(OCc4ccccc4OC(F)(F)F)CC3)n2)c1C. The van der Waals surface area contributed by atoms with Crippen LogP contribution in [0.3, 0.4) is 0 Å². The Morgan fingerprint density at radius 1 is 1.08 bits per heavy atom. The third kappa shape index (κ3) is 7.29. The molecule has 3 aromatic rings. The van der Waals surface area contributed by atoms with Crippen molar-refractivity contribution in [1.29, 1.82) is 0 Å². The number of anilines is 4. The first-order chi connectivity index (χ1) is 17.7. The number of nitrogens with one attached hydrogen (secondary N) is 2. The summed E-state index contributed by atoms with van der Waals surface area (Å²) in [5, 5.41) is 5.97. The first-order valence-corrected chi connectivity index (χ1v) is 11.7. The molecule has 2 heterocycles. The van der Waals surface area contributed by atoms with Crippen LogP contribution >= 0.6 is 0 Å². The molecule has 37 heavy (non-hydrogen) atoms. The molecule has 0 saturated carbocycles. The smallest absolute Gasteiger partial charge is 0.405 e. The fourth-order valence-corrected chi connectivity index (χ4v) is 3.99. The third-order valence-corrected chi connectivity index (χ3v) is 5.85. The predicted molar refractivity (Wildman–Crippen MR) is 132 cm³/mol. The Labute approximate surface area is 212 Å². The van der Waals surface area contributed by atoms with Gasteiger partial charge in [-0.15, -0.1) is 13.2 Å². The number of carbonyl (C=O) groups excluding carboxylic acids is 1. The van der Waals surface area contributed by atoms with Crippen molar-refractivity contribution in [3.05, 3.63) is 59.9 Å². The summed E-state index contributed by atoms with van der Waals surface area (Å²) in [7, 11) is 0. The van der Waals surface area contributed by atoms with Crippen LogP contribution in [0.2, 0.25) is 0 Å². The number of nitrogens with zero attached hydrogens (tertiary/aromatic N) is 4. The molecule has 1 aliphatic rings. The largest absolute Gasteiger partial charge is 0.573 e. The Kier molecular flexibility index (Phi) is 8.07. The Hall–Kier alpha value is -3.93. The van der Waals surface area contributed by atoms with Crippen molar-refractivity contribution in [2.24, 2.45) is 0 Å². The molecule has 12 heteroatoms. The molecular weight excluding hydrogens is 489 g/mol. The number of benzene rings is 2. The number of halogens is 3. The number of alkyl halides is 3. The zero-order chi connectivity index (χ0) is 26.4. The van der Waals surface area contributed by atoms with Crippen molar-refractivity contribution in [3.63, 3.8) is 0 Å². The van der Waals surface area contributed by atoms with E-state index in [0.29, 0.717) is 49.1 Å². The molecular formula is C25H27F3N6O3. The summed E-state index contributed by atoms with van der Waals surface area (Å²) >= 11 is 0. The molecule has 1 aliphatic heterocycles. The van der Waals surface area contributed by atoms with E-state index < -0.39 is 6.36 Å². The number of piperidine rings is 1. The highest BCUT2D eigenvalue weighted by Gasteiger charge is 2.32. The van der Waals surface area contributed by atoms with Crippen molar-refractivity contribution in [1.82, 2.24) is 15.0 Å². The van der Waals surface area contributed by atoms with E-state index in [1.165, 1.54) is 25.4 Å². The fraction of sp³-hybridized carbons (Fsp3) is 0.360. The lowest BCUT2D eigenvalue weighted by atomic mass is 10.1. The molecule has 2 aromatic carbocycles. The van der Waals surface area contributed by atoms with E-state index in [4.69, 9.17) is 4.74 Å². The molecule has 196 valence electrons. The van der Waals surface area contributed by atoms with Gasteiger partial charge >= 0.3 is 6.36 Å². The summed E-state index contributed by atoms with van der Waals surface area (Å²) in [6.45, 7) is 4.59. The Morgan fingerprint density at radius 2 is 1.81 bits per heavy atom. The average molecular weight is 517 g/mol. The maximum absolute atomic E-state index is 12.6. The van der Waals surface area contributed by atoms with Gasteiger partial charge in [-0.1, -0.05) is 24.3 Å². The number of hydrogen-bond donors (Lipinski definition) is 2. The predicted octanol–water partition coefficient (Wildman–Crippen LogP) is 4.97. The van der Waals surface area contributed by atoms with Crippen LogP contribution < -0.4 is 20.3 Å². The van der Waals surface area contributed by atoms with Crippen molar-refractivity contribution in [2.45, 2.75) is 45.8 Å². The van der Waals surface area contributed by atoms with Crippen LogP contribution in [0.25, 0.3) is 0 Å². The summed E-state index contributed by atoms with van der Waals surface area (Å²) in [5.74, 6) is 0.465. The quantitative estimate of drug-likeness (QED) is 0.433. The highest BCUT2D eigenvalue weighted by Crippen LogP contribution is 2.29. The topological polar surface area (TPSA) is 102 Å². The van der Waals surface area contributed by atoms with E-state index in [1.807, 2.05) is 30.0 Å². The van der Waals surface area contributed by atoms with E-state index in [-0.39, 0.29) is 24.4 Å². The van der Waals surface area contributed by atoms with Gasteiger partial charge in [0.15, 0.2) is 0 Å². The van der Waals surface area contributed by atoms with Gasteiger partial charge in [0.2, 0.25) is 17.8 Å². The first-order valence-electron chi connectivity index (χ1n) is 11.7. The van der Waals surface area contributed by atoms with Crippen molar-refractivity contribution in [2.75, 3.05) is 28.6 Å². The van der Waals surface area contributed by atoms with Crippen molar-refractivity contribution >= 4 is 29.2 Å². The van der Waals surface area contributed by atoms with Gasteiger partial charge in [-0.3, -0.25) is 4.79 Å². The number of hydrogen-bond acceptors (Lipinski definition) is 8. The normalized spacial score (nSPS) is 14.4. The minimum absolute atomic E-state index is 0.0215. The summed E-state index contributed by atoms with van der Waals surface area (Å²) in [6, 6.07) is 11.5. The molecule has 0 aliphatic carbocycles. The van der Waals surface area contributed by atoms with Gasteiger partial charge in [0, 0.05) is 37.0 Å². The zero-order valence-corrected chi connectivity index (χ0v) is 20.4. The highest BCUT2D eigenvalue weighted by atomic mass is 19.4. The molecule has 1 saturated heterocycles. The summed E-state index contributed by atoms with van der Waals surface area (Å²) in [4.78, 5) is 26.5. The number of aromatic nitrogens is 3. The van der Waals surface area contributed by atoms with Crippen LogP contribution in [0.4, 0.5) is 36.4 Å². The molecule has 1 fully saturated rings. The molecule has 1 aromatic heterocycles. The Balaban J connectivity index is 1.33. The fourth-order valence-electron chi connectivity index (χ4n) is 3.99. The zero-order valence-electron chi connectivity index (χ0n) is 20.4. The third-order valence-electron chi connectivity index (χ3n) is 5.85. The van der Waals surface area contributed by atoms with E-state index in [9.17, 15) is 18.0 Å². The second kappa shape index (κ2) is 11.4. The molecule has 9 nitrogen and oxygen atoms in total. The molecule has 1 amide bonds. The van der Waals surface area contributed by atoms with Gasteiger partial charge in [0.25, 0.3) is 0 Å². The molecule has 0 bridgehead atoms. The van der Waals surface area contributed by atoms with Gasteiger partial charge in [-0.2, -0.15) is 4.98 Å². The highest BCUT2D eigenvalue weighted by molar-refractivity contribution is 5.90. The van der Waals surface area contributed by atoms with Crippen LogP contribution in [0.5, 0.6) is 5.75 Å². The van der Waals surface area contributed by atoms with Crippen LogP contribution in [0.15, 0.2) is 48.8 Å². The van der Waals surface area contributed by atoms with Gasteiger partial charge < -0.3 is 25.0 Å². The summed E-state index contributed by atoms with van der Waals surface area (Å²) in [5.41, 5.74) is 2.64. The van der Waals surface area contributed by atoms with E-state index >= 15 is 0 Å². The van der Waals surface area contributed by atoms with Gasteiger partial charge in [-0.25, -0.2) is 9.97 Å². The molecule has 4 rings (SSSR count). The monoisotopic (exact) mass is 516 g/mol. The minimum atomic E-state index is -4.76. The van der Waals surface area contributed by atoms with Crippen LogP contribution in [0.1, 0.15) is 30.9 Å². The van der Waals surface area contributed by atoms with Crippen LogP contribution in [-0.2, 0) is 16.1 Å². The van der Waals surface area contributed by atoms with Crippen molar-refractivity contribution < 1.29 is 27.4 Å². The molecule has 2 N–H and O–H groups in total. The maximum Gasteiger partial charge on any atom is 0.573 e. The minimum Gasteiger partial charge on any atom is -0.405 e. The van der Waals surface area contributed by atoms with Crippen LogP contribution in [0, 0.1) is 6.92 Å². The van der Waals surface area contributed by atoms with E-state index in [2.05, 4.69) is 30.3 Å². The second-order valence-corrected chi connectivity index (χ2v) is 8.55. The Morgan fingerprint density at radius 3 is 2.54 bits per heavy atom. The van der Waals surface area contributed by atoms with Gasteiger partial charge in [0.05, 0.1) is 12.7 Å². The number of amides is 1. The Bertz CT molecular complexity index is 1230. The molecule has 0 radical (unpaired) electrons. The lowest BCUT2D eigenvalue weighted by Crippen LogP contribution is -2.38. The molecule has 0 spiro atoms. The van der Waals surface area contributed by atoms with Crippen LogP contribution in [-0.4, -0.2) is 46.4 Å². The molecule has 0 atom stereocenters. The van der Waals surface area contributed by atoms with Gasteiger partial charge in [0.1, 0.15) is 12.1 Å². The number of carbonyl (C=O) groups is 1. The van der Waals surface area contributed by atoms with E-state index in [1.54, 1.807) is 12.1 Å². The summed E-state index contributed by atoms with van der Waals surface area (Å²) < 4.78 is 47.9. The molecule has 0 unspecified atom stereocenters. The first kappa shape index (κ1) is 26.1. The van der Waals surface area contributed by atoms with Gasteiger partial charge in [-0.05, 0) is 43.5 Å². The maximum atomic E-state index is 12.6. The lowest BCUT2D eigenvalue weighted by molar-refractivity contribution is -0.275. The number of ether oxygens (including phenoxy) is 2.